The summed E-state index contributed by atoms with van der Waals surface area (Å²) in [6, 6.07) is 14.6. The zero-order valence-electron chi connectivity index (χ0n) is 19.0. The van der Waals surface area contributed by atoms with Gasteiger partial charge in [0.05, 0.1) is 18.9 Å². The first-order valence-electron chi connectivity index (χ1n) is 10.9. The standard InChI is InChI=1S/C25H28N2O7/c1-18(15-33-24(31)5-3-2-4-23(29)30)16-34-25(32)27-22-12-8-20(9-13-22)14-19-6-10-21(11-7-19)26-17-28/h6-13,18H,2-5,14-16H2,1H3,(H,27,32)(H,29,30). The number of carboxylic acids is 1. The van der Waals surface area contributed by atoms with Gasteiger partial charge in [0, 0.05) is 24.4 Å². The number of benzene rings is 2. The molecule has 0 bridgehead atoms. The third-order valence-electron chi connectivity index (χ3n) is 4.77. The molecule has 1 atom stereocenters. The van der Waals surface area contributed by atoms with Crippen molar-refractivity contribution in [2.24, 2.45) is 10.9 Å². The number of unbranched alkanes of at least 4 members (excludes halogenated alkanes) is 1. The van der Waals surface area contributed by atoms with E-state index in [1.807, 2.05) is 24.3 Å². The van der Waals surface area contributed by atoms with Gasteiger partial charge in [0.1, 0.15) is 0 Å². The molecule has 0 heterocycles. The number of anilines is 1. The molecule has 2 N–H and O–H groups in total. The molecular formula is C25H28N2O7. The van der Waals surface area contributed by atoms with Crippen molar-refractivity contribution in [3.8, 4) is 0 Å². The van der Waals surface area contributed by atoms with E-state index in [9.17, 15) is 19.2 Å². The Kier molecular flexibility index (Phi) is 11.0. The first kappa shape index (κ1) is 26.3. The molecule has 0 saturated carbocycles. The zero-order chi connectivity index (χ0) is 24.8. The lowest BCUT2D eigenvalue weighted by Gasteiger charge is -2.13. The van der Waals surface area contributed by atoms with Gasteiger partial charge >= 0.3 is 18.0 Å². The van der Waals surface area contributed by atoms with E-state index in [1.54, 1.807) is 31.2 Å². The van der Waals surface area contributed by atoms with Gasteiger partial charge < -0.3 is 14.6 Å². The smallest absolute Gasteiger partial charge is 0.411 e. The maximum Gasteiger partial charge on any atom is 0.411 e. The van der Waals surface area contributed by atoms with Crippen LogP contribution in [0.15, 0.2) is 53.5 Å². The number of nitrogens with zero attached hydrogens (tertiary/aromatic N) is 1. The van der Waals surface area contributed by atoms with E-state index in [-0.39, 0.29) is 32.0 Å². The number of carbonyl (C=O) groups is 3. The van der Waals surface area contributed by atoms with E-state index >= 15 is 0 Å². The van der Waals surface area contributed by atoms with E-state index in [0.29, 0.717) is 30.6 Å². The number of carboxylic acid groups (broad SMARTS) is 1. The number of rotatable bonds is 13. The summed E-state index contributed by atoms with van der Waals surface area (Å²) in [7, 11) is 0. The first-order chi connectivity index (χ1) is 16.4. The number of amides is 1. The number of carbonyl (C=O) groups excluding carboxylic acids is 3. The van der Waals surface area contributed by atoms with Crippen molar-refractivity contribution < 1.29 is 33.8 Å². The third kappa shape index (κ3) is 10.6. The normalized spacial score (nSPS) is 11.1. The molecule has 1 amide bonds. The Morgan fingerprint density at radius 2 is 1.53 bits per heavy atom. The Morgan fingerprint density at radius 1 is 0.941 bits per heavy atom. The molecule has 0 fully saturated rings. The van der Waals surface area contributed by atoms with Gasteiger partial charge in [0.15, 0.2) is 0 Å². The van der Waals surface area contributed by atoms with Gasteiger partial charge in [-0.05, 0) is 54.7 Å². The summed E-state index contributed by atoms with van der Waals surface area (Å²) < 4.78 is 10.3. The van der Waals surface area contributed by atoms with Crippen LogP contribution in [0.25, 0.3) is 0 Å². The van der Waals surface area contributed by atoms with Gasteiger partial charge in [-0.3, -0.25) is 14.9 Å². The monoisotopic (exact) mass is 468 g/mol. The van der Waals surface area contributed by atoms with Crippen LogP contribution in [0.2, 0.25) is 0 Å². The second-order valence-electron chi connectivity index (χ2n) is 7.86. The van der Waals surface area contributed by atoms with Crippen LogP contribution in [0.4, 0.5) is 16.2 Å². The molecule has 180 valence electrons. The quantitative estimate of drug-likeness (QED) is 0.190. The minimum absolute atomic E-state index is 0.0303. The summed E-state index contributed by atoms with van der Waals surface area (Å²) >= 11 is 0. The molecule has 9 nitrogen and oxygen atoms in total. The molecule has 1 unspecified atom stereocenters. The summed E-state index contributed by atoms with van der Waals surface area (Å²) in [6.45, 7) is 1.99. The fourth-order valence-electron chi connectivity index (χ4n) is 2.96. The predicted molar refractivity (Wildman–Crippen MR) is 125 cm³/mol. The molecule has 0 aliphatic heterocycles. The molecule has 2 rings (SSSR count). The molecule has 0 aliphatic carbocycles. The van der Waals surface area contributed by atoms with Gasteiger partial charge in [-0.1, -0.05) is 31.2 Å². The summed E-state index contributed by atoms with van der Waals surface area (Å²) in [6.07, 6.45) is 2.67. The highest BCUT2D eigenvalue weighted by molar-refractivity contribution is 5.84. The maximum atomic E-state index is 12.0. The lowest BCUT2D eigenvalue weighted by atomic mass is 10.0. The van der Waals surface area contributed by atoms with Crippen LogP contribution >= 0.6 is 0 Å². The summed E-state index contributed by atoms with van der Waals surface area (Å²) in [5, 5.41) is 11.2. The molecule has 0 aromatic heterocycles. The van der Waals surface area contributed by atoms with E-state index in [2.05, 4.69) is 10.3 Å². The minimum Gasteiger partial charge on any atom is -0.481 e. The predicted octanol–water partition coefficient (Wildman–Crippen LogP) is 4.62. The Hall–Kier alpha value is -3.97. The van der Waals surface area contributed by atoms with E-state index in [0.717, 1.165) is 11.1 Å². The third-order valence-corrected chi connectivity index (χ3v) is 4.77. The molecule has 2 aromatic rings. The number of ether oxygens (including phenoxy) is 2. The minimum atomic E-state index is -0.886. The SMILES string of the molecule is CC(COC(=O)CCCCC(=O)O)COC(=O)Nc1ccc(Cc2ccc(N=C=O)cc2)cc1. The largest absolute Gasteiger partial charge is 0.481 e. The van der Waals surface area contributed by atoms with Crippen molar-refractivity contribution >= 4 is 35.5 Å². The van der Waals surface area contributed by atoms with Gasteiger partial charge in [0.25, 0.3) is 0 Å². The van der Waals surface area contributed by atoms with Crippen molar-refractivity contribution in [1.82, 2.24) is 0 Å². The topological polar surface area (TPSA) is 131 Å². The molecule has 34 heavy (non-hydrogen) atoms. The van der Waals surface area contributed by atoms with Crippen LogP contribution in [0, 0.1) is 5.92 Å². The van der Waals surface area contributed by atoms with Gasteiger partial charge in [-0.2, -0.15) is 4.99 Å². The number of aliphatic imine (C=N–C) groups is 1. The number of aliphatic carboxylic acids is 1. The van der Waals surface area contributed by atoms with Crippen LogP contribution in [-0.2, 0) is 30.3 Å². The number of isocyanates is 1. The van der Waals surface area contributed by atoms with E-state index < -0.39 is 18.0 Å². The Balaban J connectivity index is 1.66. The van der Waals surface area contributed by atoms with Gasteiger partial charge in [0.2, 0.25) is 6.08 Å². The summed E-state index contributed by atoms with van der Waals surface area (Å²) in [4.78, 5) is 47.9. The van der Waals surface area contributed by atoms with Crippen LogP contribution in [0.1, 0.15) is 43.7 Å². The van der Waals surface area contributed by atoms with Gasteiger partial charge in [-0.15, -0.1) is 0 Å². The van der Waals surface area contributed by atoms with Gasteiger partial charge in [-0.25, -0.2) is 9.59 Å². The Morgan fingerprint density at radius 3 is 2.15 bits per heavy atom. The van der Waals surface area contributed by atoms with Crippen molar-refractivity contribution in [3.63, 3.8) is 0 Å². The van der Waals surface area contributed by atoms with Crippen molar-refractivity contribution in [1.29, 1.82) is 0 Å². The Bertz CT molecular complexity index is 997. The van der Waals surface area contributed by atoms with E-state index in [4.69, 9.17) is 14.6 Å². The van der Waals surface area contributed by atoms with Crippen LogP contribution in [0.5, 0.6) is 0 Å². The van der Waals surface area contributed by atoms with Crippen molar-refractivity contribution in [3.05, 3.63) is 59.7 Å². The number of nitrogens with one attached hydrogen (secondary N) is 1. The molecule has 0 aliphatic rings. The molecule has 0 saturated heterocycles. The lowest BCUT2D eigenvalue weighted by molar-refractivity contribution is -0.145. The highest BCUT2D eigenvalue weighted by Gasteiger charge is 2.11. The highest BCUT2D eigenvalue weighted by atomic mass is 16.6. The van der Waals surface area contributed by atoms with Crippen LogP contribution in [0.3, 0.4) is 0 Å². The maximum absolute atomic E-state index is 12.0. The van der Waals surface area contributed by atoms with Crippen molar-refractivity contribution in [2.45, 2.75) is 39.0 Å². The van der Waals surface area contributed by atoms with Crippen molar-refractivity contribution in [2.75, 3.05) is 18.5 Å². The highest BCUT2D eigenvalue weighted by Crippen LogP contribution is 2.17. The fraction of sp³-hybridized carbons (Fsp3) is 0.360. The Labute approximate surface area is 197 Å². The molecule has 0 spiro atoms. The molecule has 2 aromatic carbocycles. The fourth-order valence-corrected chi connectivity index (χ4v) is 2.96. The molecule has 0 radical (unpaired) electrons. The number of hydrogen-bond donors (Lipinski definition) is 2. The lowest BCUT2D eigenvalue weighted by Crippen LogP contribution is -2.21. The van der Waals surface area contributed by atoms with E-state index in [1.165, 1.54) is 6.08 Å². The van der Waals surface area contributed by atoms with Crippen LogP contribution < -0.4 is 5.32 Å². The molecule has 9 heteroatoms. The first-order valence-corrected chi connectivity index (χ1v) is 10.9. The number of hydrogen-bond acceptors (Lipinski definition) is 7. The summed E-state index contributed by atoms with van der Waals surface area (Å²) in [5.74, 6) is -1.46. The summed E-state index contributed by atoms with van der Waals surface area (Å²) in [5.41, 5.74) is 3.24. The van der Waals surface area contributed by atoms with Crippen LogP contribution in [-0.4, -0.2) is 42.4 Å². The number of esters is 1. The second kappa shape index (κ2) is 14.2. The molecular weight excluding hydrogens is 440 g/mol. The average molecular weight is 469 g/mol. The average Bonchev–Trinajstić information content (AvgIpc) is 2.82. The zero-order valence-corrected chi connectivity index (χ0v) is 19.0. The second-order valence-corrected chi connectivity index (χ2v) is 7.86.